The van der Waals surface area contributed by atoms with Crippen LogP contribution in [0.2, 0.25) is 0 Å². The molecule has 1 radical (unpaired) electrons. The summed E-state index contributed by atoms with van der Waals surface area (Å²) >= 11 is 0. The first-order chi connectivity index (χ1) is 7.89. The van der Waals surface area contributed by atoms with E-state index in [0.29, 0.717) is 6.42 Å². The zero-order valence-corrected chi connectivity index (χ0v) is 11.1. The summed E-state index contributed by atoms with van der Waals surface area (Å²) in [6.45, 7) is 7.77. The molecule has 0 saturated carbocycles. The number of carbonyl (C=O) groups is 1. The van der Waals surface area contributed by atoms with Crippen LogP contribution >= 0.6 is 0 Å². The number of benzene rings is 1. The first-order valence-corrected chi connectivity index (χ1v) is 5.94. The monoisotopic (exact) mass is 233 g/mol. The molecular formula is C15H21O2. The quantitative estimate of drug-likeness (QED) is 0.727. The van der Waals surface area contributed by atoms with Gasteiger partial charge in [-0.1, -0.05) is 44.2 Å². The number of ether oxygens (including phenoxy) is 1. The Kier molecular flexibility index (Phi) is 4.73. The van der Waals surface area contributed by atoms with E-state index in [1.54, 1.807) is 0 Å². The lowest BCUT2D eigenvalue weighted by Crippen LogP contribution is -2.30. The molecule has 0 fully saturated rings. The average molecular weight is 233 g/mol. The van der Waals surface area contributed by atoms with Gasteiger partial charge in [-0.2, -0.15) is 0 Å². The van der Waals surface area contributed by atoms with Gasteiger partial charge in [0, 0.05) is 6.42 Å². The van der Waals surface area contributed by atoms with Crippen LogP contribution in [0.25, 0.3) is 0 Å². The van der Waals surface area contributed by atoms with Gasteiger partial charge >= 0.3 is 5.97 Å². The van der Waals surface area contributed by atoms with E-state index in [4.69, 9.17) is 4.74 Å². The maximum absolute atomic E-state index is 11.6. The lowest BCUT2D eigenvalue weighted by atomic mass is 9.98. The van der Waals surface area contributed by atoms with Crippen LogP contribution in [0.5, 0.6) is 0 Å². The Bertz CT molecular complexity index is 352. The number of rotatable bonds is 5. The van der Waals surface area contributed by atoms with Crippen molar-refractivity contribution >= 4 is 5.97 Å². The summed E-state index contributed by atoms with van der Waals surface area (Å²) in [7, 11) is 0. The molecule has 93 valence electrons. The van der Waals surface area contributed by atoms with Gasteiger partial charge in [0.2, 0.25) is 0 Å². The molecule has 1 aromatic rings. The Labute approximate surface area is 104 Å². The minimum absolute atomic E-state index is 0.147. The molecule has 2 nitrogen and oxygen atoms in total. The van der Waals surface area contributed by atoms with Gasteiger partial charge in [-0.15, -0.1) is 0 Å². The predicted octanol–water partition coefficient (Wildman–Crippen LogP) is 3.56. The lowest BCUT2D eigenvalue weighted by Gasteiger charge is -2.25. The second-order valence-electron chi connectivity index (χ2n) is 5.28. The molecule has 1 rings (SSSR count). The van der Waals surface area contributed by atoms with Gasteiger partial charge in [-0.05, 0) is 25.3 Å². The third-order valence-electron chi connectivity index (χ3n) is 2.36. The maximum Gasteiger partial charge on any atom is 0.306 e. The third-order valence-corrected chi connectivity index (χ3v) is 2.36. The second-order valence-corrected chi connectivity index (χ2v) is 5.28. The molecule has 2 heteroatoms. The van der Waals surface area contributed by atoms with E-state index < -0.39 is 5.60 Å². The lowest BCUT2D eigenvalue weighted by molar-refractivity contribution is -0.155. The molecule has 0 aliphatic carbocycles. The Morgan fingerprint density at radius 2 is 1.76 bits per heavy atom. The van der Waals surface area contributed by atoms with Gasteiger partial charge in [0.25, 0.3) is 0 Å². The summed E-state index contributed by atoms with van der Waals surface area (Å²) in [4.78, 5) is 11.6. The molecule has 0 unspecified atom stereocenters. The second kappa shape index (κ2) is 5.85. The van der Waals surface area contributed by atoms with Crippen LogP contribution in [0.1, 0.15) is 39.7 Å². The first kappa shape index (κ1) is 13.8. The normalized spacial score (nSPS) is 11.6. The molecule has 0 bridgehead atoms. The van der Waals surface area contributed by atoms with Crippen LogP contribution in [0.3, 0.4) is 0 Å². The zero-order valence-electron chi connectivity index (χ0n) is 11.1. The highest BCUT2D eigenvalue weighted by atomic mass is 16.6. The molecule has 0 aliphatic heterocycles. The fraction of sp³-hybridized carbons (Fsp3) is 0.467. The van der Waals surface area contributed by atoms with Crippen LogP contribution < -0.4 is 0 Å². The summed E-state index contributed by atoms with van der Waals surface area (Å²) in [5.41, 5.74) is 0.732. The summed E-state index contributed by atoms with van der Waals surface area (Å²) in [5, 5.41) is 0. The van der Waals surface area contributed by atoms with E-state index >= 15 is 0 Å². The summed E-state index contributed by atoms with van der Waals surface area (Å²) in [6.07, 6.45) is 1.14. The summed E-state index contributed by atoms with van der Waals surface area (Å²) in [6, 6.07) is 10.1. The average Bonchev–Trinajstić information content (AvgIpc) is 2.15. The van der Waals surface area contributed by atoms with E-state index in [0.717, 1.165) is 12.3 Å². The number of hydrogen-bond acceptors (Lipinski definition) is 2. The molecular weight excluding hydrogens is 212 g/mol. The fourth-order valence-corrected chi connectivity index (χ4v) is 1.76. The molecule has 17 heavy (non-hydrogen) atoms. The minimum atomic E-state index is -0.451. The number of hydrogen-bond donors (Lipinski definition) is 0. The predicted molar refractivity (Wildman–Crippen MR) is 69.5 cm³/mol. The number of esters is 1. The Morgan fingerprint density at radius 3 is 2.29 bits per heavy atom. The van der Waals surface area contributed by atoms with Crippen LogP contribution in [0, 0.1) is 5.92 Å². The Hall–Kier alpha value is -1.31. The molecule has 0 spiro atoms. The van der Waals surface area contributed by atoms with Gasteiger partial charge < -0.3 is 4.74 Å². The highest BCUT2D eigenvalue weighted by Gasteiger charge is 2.23. The molecule has 0 saturated heterocycles. The third kappa shape index (κ3) is 5.53. The van der Waals surface area contributed by atoms with Crippen molar-refractivity contribution in [2.75, 3.05) is 0 Å². The molecule has 0 aromatic heterocycles. The molecule has 1 aromatic carbocycles. The molecule has 0 N–H and O–H groups in total. The van der Waals surface area contributed by atoms with Gasteiger partial charge in [0.1, 0.15) is 5.60 Å². The largest absolute Gasteiger partial charge is 0.459 e. The first-order valence-electron chi connectivity index (χ1n) is 5.94. The van der Waals surface area contributed by atoms with Crippen molar-refractivity contribution in [3.63, 3.8) is 0 Å². The van der Waals surface area contributed by atoms with Crippen molar-refractivity contribution in [3.05, 3.63) is 41.8 Å². The van der Waals surface area contributed by atoms with Crippen molar-refractivity contribution < 1.29 is 9.53 Å². The summed E-state index contributed by atoms with van der Waals surface area (Å²) < 4.78 is 5.49. The Morgan fingerprint density at radius 1 is 1.18 bits per heavy atom. The van der Waals surface area contributed by atoms with E-state index in [2.05, 4.69) is 0 Å². The summed E-state index contributed by atoms with van der Waals surface area (Å²) in [5.74, 6) is 0.927. The van der Waals surface area contributed by atoms with Crippen LogP contribution in [-0.4, -0.2) is 11.6 Å². The minimum Gasteiger partial charge on any atom is -0.459 e. The van der Waals surface area contributed by atoms with Crippen molar-refractivity contribution in [2.24, 2.45) is 0 Å². The van der Waals surface area contributed by atoms with Crippen molar-refractivity contribution in [3.8, 4) is 0 Å². The molecule has 0 aliphatic rings. The van der Waals surface area contributed by atoms with E-state index in [1.165, 1.54) is 5.56 Å². The maximum atomic E-state index is 11.6. The van der Waals surface area contributed by atoms with E-state index in [-0.39, 0.29) is 5.97 Å². The van der Waals surface area contributed by atoms with Crippen molar-refractivity contribution in [2.45, 2.75) is 46.1 Å². The molecule has 0 atom stereocenters. The van der Waals surface area contributed by atoms with Crippen LogP contribution in [-0.2, 0) is 16.0 Å². The van der Waals surface area contributed by atoms with Gasteiger partial charge in [-0.25, -0.2) is 0 Å². The fourth-order valence-electron chi connectivity index (χ4n) is 1.76. The standard InChI is InChI=1S/C15H21O2/c1-12(2)10-14(16)17-15(3,4)11-13-8-6-5-7-9-13/h5-9H,10-11H2,1-4H3. The van der Waals surface area contributed by atoms with Crippen molar-refractivity contribution in [1.82, 2.24) is 0 Å². The molecule has 0 amide bonds. The van der Waals surface area contributed by atoms with Crippen LogP contribution in [0.4, 0.5) is 0 Å². The zero-order chi connectivity index (χ0) is 12.9. The number of carbonyl (C=O) groups excluding carboxylic acids is 1. The molecule has 0 heterocycles. The smallest absolute Gasteiger partial charge is 0.306 e. The van der Waals surface area contributed by atoms with Gasteiger partial charge in [-0.3, -0.25) is 4.79 Å². The highest BCUT2D eigenvalue weighted by molar-refractivity contribution is 5.71. The van der Waals surface area contributed by atoms with Crippen molar-refractivity contribution in [1.29, 1.82) is 0 Å². The SMILES string of the molecule is C[C](C)CC(=O)OC(C)(C)Cc1ccccc1. The van der Waals surface area contributed by atoms with Crippen LogP contribution in [0.15, 0.2) is 30.3 Å². The Balaban J connectivity index is 2.54. The van der Waals surface area contributed by atoms with E-state index in [1.807, 2.05) is 58.0 Å². The highest BCUT2D eigenvalue weighted by Crippen LogP contribution is 2.18. The topological polar surface area (TPSA) is 26.3 Å². The van der Waals surface area contributed by atoms with Gasteiger partial charge in [0.05, 0.1) is 6.42 Å². The van der Waals surface area contributed by atoms with E-state index in [9.17, 15) is 4.79 Å². The van der Waals surface area contributed by atoms with Gasteiger partial charge in [0.15, 0.2) is 0 Å².